The van der Waals surface area contributed by atoms with Gasteiger partial charge in [-0.15, -0.1) is 0 Å². The Bertz CT molecular complexity index is 715. The van der Waals surface area contributed by atoms with Crippen molar-refractivity contribution in [3.8, 4) is 0 Å². The molecule has 1 aliphatic heterocycles. The van der Waals surface area contributed by atoms with Crippen LogP contribution in [0.25, 0.3) is 6.08 Å². The molecule has 120 valence electrons. The fraction of sp³-hybridized carbons (Fsp3) is 0.200. The molecular weight excluding hydrogens is 336 g/mol. The molecule has 2 rings (SSSR count). The molecule has 1 fully saturated rings. The molecule has 0 spiro atoms. The van der Waals surface area contributed by atoms with Crippen LogP contribution in [0.2, 0.25) is 0 Å². The number of hydrogen-bond donors (Lipinski definition) is 2. The fourth-order valence-electron chi connectivity index (χ4n) is 1.90. The topological polar surface area (TPSA) is 86.7 Å². The van der Waals surface area contributed by atoms with Crippen molar-refractivity contribution in [2.45, 2.75) is 6.92 Å². The van der Waals surface area contributed by atoms with Gasteiger partial charge in [-0.2, -0.15) is 0 Å². The van der Waals surface area contributed by atoms with Gasteiger partial charge < -0.3 is 10.4 Å². The van der Waals surface area contributed by atoms with Gasteiger partial charge in [0.05, 0.1) is 4.91 Å². The summed E-state index contributed by atoms with van der Waals surface area (Å²) in [6.07, 6.45) is 1.74. The van der Waals surface area contributed by atoms with Gasteiger partial charge in [-0.25, -0.2) is 0 Å². The van der Waals surface area contributed by atoms with E-state index in [0.29, 0.717) is 4.91 Å². The highest BCUT2D eigenvalue weighted by atomic mass is 32.2. The number of benzene rings is 1. The third kappa shape index (κ3) is 4.40. The summed E-state index contributed by atoms with van der Waals surface area (Å²) in [5.74, 6) is -2.07. The molecule has 0 saturated carbocycles. The Labute approximate surface area is 142 Å². The molecule has 8 heteroatoms. The molecule has 0 radical (unpaired) electrons. The lowest BCUT2D eigenvalue weighted by atomic mass is 10.1. The first-order valence-corrected chi connectivity index (χ1v) is 7.90. The number of hydrogen-bond acceptors (Lipinski definition) is 5. The van der Waals surface area contributed by atoms with Crippen LogP contribution in [0.1, 0.15) is 11.1 Å². The molecule has 0 aliphatic carbocycles. The summed E-state index contributed by atoms with van der Waals surface area (Å²) in [6, 6.07) is 7.61. The number of carboxylic acid groups (broad SMARTS) is 1. The van der Waals surface area contributed by atoms with Crippen molar-refractivity contribution in [2.24, 2.45) is 0 Å². The normalized spacial score (nSPS) is 16.0. The Kier molecular flexibility index (Phi) is 5.51. The highest BCUT2D eigenvalue weighted by molar-refractivity contribution is 8.26. The quantitative estimate of drug-likeness (QED) is 0.617. The maximum absolute atomic E-state index is 12.4. The molecule has 0 atom stereocenters. The number of amides is 2. The third-order valence-electron chi connectivity index (χ3n) is 3.09. The van der Waals surface area contributed by atoms with Gasteiger partial charge in [-0.1, -0.05) is 48.2 Å². The van der Waals surface area contributed by atoms with Crippen LogP contribution < -0.4 is 5.32 Å². The van der Waals surface area contributed by atoms with E-state index in [1.54, 1.807) is 6.08 Å². The van der Waals surface area contributed by atoms with Crippen molar-refractivity contribution in [3.05, 3.63) is 40.3 Å². The number of carboxylic acids is 1. The maximum atomic E-state index is 12.4. The largest absolute Gasteiger partial charge is 0.480 e. The zero-order chi connectivity index (χ0) is 17.0. The SMILES string of the molecule is Cc1ccccc1/C=C1\SC(=S)N(CC(=O)NCC(=O)O)C1=O. The molecule has 2 N–H and O–H groups in total. The Morgan fingerprint density at radius 2 is 2.09 bits per heavy atom. The Morgan fingerprint density at radius 3 is 2.74 bits per heavy atom. The second-order valence-electron chi connectivity index (χ2n) is 4.79. The highest BCUT2D eigenvalue weighted by Crippen LogP contribution is 2.32. The first kappa shape index (κ1) is 17.2. The zero-order valence-corrected chi connectivity index (χ0v) is 13.9. The van der Waals surface area contributed by atoms with Crippen LogP contribution in [0.5, 0.6) is 0 Å². The molecule has 2 amide bonds. The summed E-state index contributed by atoms with van der Waals surface area (Å²) in [5, 5.41) is 10.7. The smallest absolute Gasteiger partial charge is 0.322 e. The number of rotatable bonds is 5. The predicted molar refractivity (Wildman–Crippen MR) is 91.7 cm³/mol. The molecule has 23 heavy (non-hydrogen) atoms. The van der Waals surface area contributed by atoms with E-state index in [2.05, 4.69) is 5.32 Å². The van der Waals surface area contributed by atoms with Gasteiger partial charge in [-0.3, -0.25) is 19.3 Å². The lowest BCUT2D eigenvalue weighted by molar-refractivity contribution is -0.138. The summed E-state index contributed by atoms with van der Waals surface area (Å²) in [7, 11) is 0. The van der Waals surface area contributed by atoms with E-state index in [-0.39, 0.29) is 16.8 Å². The maximum Gasteiger partial charge on any atom is 0.322 e. The minimum absolute atomic E-state index is 0.278. The molecule has 0 unspecified atom stereocenters. The average Bonchev–Trinajstić information content (AvgIpc) is 2.75. The summed E-state index contributed by atoms with van der Waals surface area (Å²) >= 11 is 6.25. The van der Waals surface area contributed by atoms with Crippen LogP contribution in [0, 0.1) is 6.92 Å². The number of thiocarbonyl (C=S) groups is 1. The Morgan fingerprint density at radius 1 is 1.39 bits per heavy atom. The number of aryl methyl sites for hydroxylation is 1. The second-order valence-corrected chi connectivity index (χ2v) is 6.47. The Hall–Kier alpha value is -2.19. The molecular formula is C15H14N2O4S2. The van der Waals surface area contributed by atoms with E-state index in [1.165, 1.54) is 4.90 Å². The van der Waals surface area contributed by atoms with Crippen molar-refractivity contribution in [3.63, 3.8) is 0 Å². The summed E-state index contributed by atoms with van der Waals surface area (Å²) in [6.45, 7) is 1.15. The van der Waals surface area contributed by atoms with Crippen molar-refractivity contribution >= 4 is 52.2 Å². The fourth-order valence-corrected chi connectivity index (χ4v) is 3.15. The lowest BCUT2D eigenvalue weighted by Crippen LogP contribution is -2.41. The monoisotopic (exact) mass is 350 g/mol. The molecule has 0 aromatic heterocycles. The highest BCUT2D eigenvalue weighted by Gasteiger charge is 2.33. The number of carbonyl (C=O) groups is 3. The number of nitrogens with zero attached hydrogens (tertiary/aromatic N) is 1. The van der Waals surface area contributed by atoms with Gasteiger partial charge in [0.15, 0.2) is 0 Å². The van der Waals surface area contributed by atoms with E-state index < -0.39 is 18.4 Å². The first-order chi connectivity index (χ1) is 10.9. The zero-order valence-electron chi connectivity index (χ0n) is 12.2. The van der Waals surface area contributed by atoms with E-state index in [9.17, 15) is 14.4 Å². The first-order valence-electron chi connectivity index (χ1n) is 6.68. The Balaban J connectivity index is 2.09. The van der Waals surface area contributed by atoms with Gasteiger partial charge in [-0.05, 0) is 24.1 Å². The van der Waals surface area contributed by atoms with Crippen LogP contribution in [-0.4, -0.2) is 45.2 Å². The van der Waals surface area contributed by atoms with Crippen molar-refractivity contribution in [1.29, 1.82) is 0 Å². The van der Waals surface area contributed by atoms with E-state index in [1.807, 2.05) is 31.2 Å². The molecule has 1 aliphatic rings. The molecule has 1 saturated heterocycles. The molecule has 0 bridgehead atoms. The minimum Gasteiger partial charge on any atom is -0.480 e. The third-order valence-corrected chi connectivity index (χ3v) is 4.46. The number of thioether (sulfide) groups is 1. The van der Waals surface area contributed by atoms with Crippen molar-refractivity contribution in [2.75, 3.05) is 13.1 Å². The standard InChI is InChI=1S/C15H14N2O4S2/c1-9-4-2-3-5-10(9)6-11-14(21)17(15(22)23-11)8-12(18)16-7-13(19)20/h2-6H,7-8H2,1H3,(H,16,18)(H,19,20)/b11-6-. The average molecular weight is 350 g/mol. The van der Waals surface area contributed by atoms with Crippen molar-refractivity contribution < 1.29 is 19.5 Å². The predicted octanol–water partition coefficient (Wildman–Crippen LogP) is 1.40. The van der Waals surface area contributed by atoms with Gasteiger partial charge in [0.2, 0.25) is 5.91 Å². The van der Waals surface area contributed by atoms with E-state index in [4.69, 9.17) is 17.3 Å². The van der Waals surface area contributed by atoms with Gasteiger partial charge in [0, 0.05) is 0 Å². The molecule has 1 heterocycles. The summed E-state index contributed by atoms with van der Waals surface area (Å²) in [5.41, 5.74) is 1.93. The van der Waals surface area contributed by atoms with Crippen molar-refractivity contribution in [1.82, 2.24) is 10.2 Å². The lowest BCUT2D eigenvalue weighted by Gasteiger charge is -2.13. The van der Waals surface area contributed by atoms with Crippen LogP contribution in [-0.2, 0) is 14.4 Å². The van der Waals surface area contributed by atoms with Crippen LogP contribution in [0.4, 0.5) is 0 Å². The van der Waals surface area contributed by atoms with E-state index >= 15 is 0 Å². The van der Waals surface area contributed by atoms with E-state index in [0.717, 1.165) is 22.9 Å². The van der Waals surface area contributed by atoms with Gasteiger partial charge >= 0.3 is 5.97 Å². The summed E-state index contributed by atoms with van der Waals surface area (Å²) in [4.78, 5) is 36.0. The molecule has 1 aromatic rings. The number of aliphatic carboxylic acids is 1. The van der Waals surface area contributed by atoms with Crippen LogP contribution in [0.3, 0.4) is 0 Å². The number of carbonyl (C=O) groups excluding carboxylic acids is 2. The second kappa shape index (κ2) is 7.38. The van der Waals surface area contributed by atoms with Crippen LogP contribution in [0.15, 0.2) is 29.2 Å². The minimum atomic E-state index is -1.15. The van der Waals surface area contributed by atoms with Crippen LogP contribution >= 0.6 is 24.0 Å². The van der Waals surface area contributed by atoms with Gasteiger partial charge in [0.1, 0.15) is 17.4 Å². The molecule has 1 aromatic carbocycles. The summed E-state index contributed by atoms with van der Waals surface area (Å²) < 4.78 is 0.278. The van der Waals surface area contributed by atoms with Gasteiger partial charge in [0.25, 0.3) is 5.91 Å². The number of nitrogens with one attached hydrogen (secondary N) is 1. The molecule has 6 nitrogen and oxygen atoms in total.